The molecule has 0 bridgehead atoms. The number of benzene rings is 1. The Labute approximate surface area is 104 Å². The molecule has 2 heteroatoms. The van der Waals surface area contributed by atoms with Crippen LogP contribution in [0.25, 0.3) is 0 Å². The number of nitrogens with two attached hydrogens (primary N) is 1. The van der Waals surface area contributed by atoms with Gasteiger partial charge in [-0.1, -0.05) is 31.5 Å². The zero-order chi connectivity index (χ0) is 13.2. The molecule has 2 atom stereocenters. The summed E-state index contributed by atoms with van der Waals surface area (Å²) in [4.78, 5) is 0. The first-order chi connectivity index (χ1) is 7.88. The van der Waals surface area contributed by atoms with Gasteiger partial charge < -0.3 is 5.73 Å². The number of hydrogen-bond donors (Lipinski definition) is 1. The van der Waals surface area contributed by atoms with Crippen LogP contribution in [-0.2, 0) is 0 Å². The monoisotopic (exact) mass is 230 g/mol. The lowest BCUT2D eigenvalue weighted by molar-refractivity contribution is 0.402. The minimum absolute atomic E-state index is 0.130. The van der Waals surface area contributed by atoms with E-state index in [0.717, 1.165) is 5.56 Å². The lowest BCUT2D eigenvalue weighted by Crippen LogP contribution is -2.26. The second-order valence-electron chi connectivity index (χ2n) is 5.24. The smallest absolute Gasteiger partial charge is 0.0679 e. The zero-order valence-corrected chi connectivity index (χ0v) is 11.4. The van der Waals surface area contributed by atoms with Crippen LogP contribution in [0.5, 0.6) is 0 Å². The quantitative estimate of drug-likeness (QED) is 0.865. The molecule has 92 valence electrons. The Kier molecular flexibility index (Phi) is 4.31. The summed E-state index contributed by atoms with van der Waals surface area (Å²) in [6, 6.07) is 6.42. The highest BCUT2D eigenvalue weighted by atomic mass is 14.7. The molecule has 2 unspecified atom stereocenters. The summed E-state index contributed by atoms with van der Waals surface area (Å²) in [6.45, 7) is 10.3. The molecule has 2 nitrogen and oxygen atoms in total. The van der Waals surface area contributed by atoms with Gasteiger partial charge in [0.25, 0.3) is 0 Å². The number of aryl methyl sites for hydroxylation is 3. The molecule has 17 heavy (non-hydrogen) atoms. The summed E-state index contributed by atoms with van der Waals surface area (Å²) < 4.78 is 0. The van der Waals surface area contributed by atoms with E-state index >= 15 is 0 Å². The van der Waals surface area contributed by atoms with E-state index in [4.69, 9.17) is 5.73 Å². The zero-order valence-electron chi connectivity index (χ0n) is 11.4. The van der Waals surface area contributed by atoms with Gasteiger partial charge in [-0.2, -0.15) is 5.26 Å². The van der Waals surface area contributed by atoms with E-state index in [1.54, 1.807) is 0 Å². The van der Waals surface area contributed by atoms with Crippen LogP contribution in [0.1, 0.15) is 42.1 Å². The van der Waals surface area contributed by atoms with Crippen molar-refractivity contribution in [3.8, 4) is 6.07 Å². The first-order valence-corrected chi connectivity index (χ1v) is 6.11. The molecular weight excluding hydrogens is 208 g/mol. The van der Waals surface area contributed by atoms with Crippen molar-refractivity contribution in [2.45, 2.75) is 40.7 Å². The SMILES string of the molecule is Cc1cc(C)c(C(N)C(C#N)C(C)C)c(C)c1. The maximum Gasteiger partial charge on any atom is 0.0679 e. The van der Waals surface area contributed by atoms with Crippen LogP contribution in [0, 0.1) is 43.9 Å². The fourth-order valence-electron chi connectivity index (χ4n) is 2.54. The molecule has 0 saturated carbocycles. The number of nitriles is 1. The highest BCUT2D eigenvalue weighted by Gasteiger charge is 2.24. The molecular formula is C15H22N2. The van der Waals surface area contributed by atoms with E-state index in [1.807, 2.05) is 13.8 Å². The predicted molar refractivity (Wildman–Crippen MR) is 71.5 cm³/mol. The molecule has 0 radical (unpaired) electrons. The Morgan fingerprint density at radius 1 is 1.12 bits per heavy atom. The first kappa shape index (κ1) is 13.7. The average molecular weight is 230 g/mol. The van der Waals surface area contributed by atoms with Crippen molar-refractivity contribution in [1.82, 2.24) is 0 Å². The summed E-state index contributed by atoms with van der Waals surface area (Å²) in [5.41, 5.74) is 11.0. The molecule has 0 spiro atoms. The Balaban J connectivity index is 3.21. The molecule has 1 aromatic rings. The average Bonchev–Trinajstić information content (AvgIpc) is 2.15. The van der Waals surface area contributed by atoms with Gasteiger partial charge in [0.15, 0.2) is 0 Å². The lowest BCUT2D eigenvalue weighted by atomic mass is 9.82. The van der Waals surface area contributed by atoms with Crippen molar-refractivity contribution in [3.05, 3.63) is 34.4 Å². The number of nitrogens with zero attached hydrogens (tertiary/aromatic N) is 1. The van der Waals surface area contributed by atoms with E-state index in [0.29, 0.717) is 0 Å². The standard InChI is InChI=1S/C15H22N2/c1-9(2)13(8-16)15(17)14-11(4)6-10(3)7-12(14)5/h6-7,9,13,15H,17H2,1-5H3. The van der Waals surface area contributed by atoms with Gasteiger partial charge in [0.2, 0.25) is 0 Å². The summed E-state index contributed by atoms with van der Waals surface area (Å²) in [7, 11) is 0. The third-order valence-corrected chi connectivity index (χ3v) is 3.33. The largest absolute Gasteiger partial charge is 0.323 e. The Morgan fingerprint density at radius 2 is 1.59 bits per heavy atom. The first-order valence-electron chi connectivity index (χ1n) is 6.11. The van der Waals surface area contributed by atoms with Gasteiger partial charge in [-0.15, -0.1) is 0 Å². The van der Waals surface area contributed by atoms with E-state index in [9.17, 15) is 5.26 Å². The molecule has 0 amide bonds. The van der Waals surface area contributed by atoms with Crippen LogP contribution in [-0.4, -0.2) is 0 Å². The topological polar surface area (TPSA) is 49.8 Å². The molecule has 1 rings (SSSR count). The van der Waals surface area contributed by atoms with Crippen molar-refractivity contribution in [1.29, 1.82) is 5.26 Å². The summed E-state index contributed by atoms with van der Waals surface area (Å²) in [5, 5.41) is 9.23. The van der Waals surface area contributed by atoms with Gasteiger partial charge in [0.1, 0.15) is 0 Å². The van der Waals surface area contributed by atoms with E-state index in [1.165, 1.54) is 16.7 Å². The van der Waals surface area contributed by atoms with E-state index in [2.05, 4.69) is 39.0 Å². The van der Waals surface area contributed by atoms with Gasteiger partial charge in [-0.25, -0.2) is 0 Å². The minimum Gasteiger partial charge on any atom is -0.323 e. The van der Waals surface area contributed by atoms with Crippen molar-refractivity contribution < 1.29 is 0 Å². The fraction of sp³-hybridized carbons (Fsp3) is 0.533. The van der Waals surface area contributed by atoms with Crippen molar-refractivity contribution in [3.63, 3.8) is 0 Å². The van der Waals surface area contributed by atoms with Gasteiger partial charge in [0.05, 0.1) is 12.0 Å². The molecule has 0 aliphatic carbocycles. The van der Waals surface area contributed by atoms with Crippen LogP contribution in [0.4, 0.5) is 0 Å². The fourth-order valence-corrected chi connectivity index (χ4v) is 2.54. The second kappa shape index (κ2) is 5.33. The van der Waals surface area contributed by atoms with E-state index in [-0.39, 0.29) is 17.9 Å². The molecule has 0 aromatic heterocycles. The maximum atomic E-state index is 9.23. The van der Waals surface area contributed by atoms with Crippen LogP contribution < -0.4 is 5.73 Å². The summed E-state index contributed by atoms with van der Waals surface area (Å²) in [6.07, 6.45) is 0. The molecule has 0 aliphatic rings. The molecule has 0 heterocycles. The van der Waals surface area contributed by atoms with Crippen molar-refractivity contribution >= 4 is 0 Å². The number of rotatable bonds is 3. The Hall–Kier alpha value is -1.33. The maximum absolute atomic E-state index is 9.23. The normalized spacial score (nSPS) is 14.5. The van der Waals surface area contributed by atoms with Crippen LogP contribution in [0.15, 0.2) is 12.1 Å². The highest BCUT2D eigenvalue weighted by Crippen LogP contribution is 2.30. The van der Waals surface area contributed by atoms with Crippen LogP contribution in [0.2, 0.25) is 0 Å². The van der Waals surface area contributed by atoms with Crippen LogP contribution >= 0.6 is 0 Å². The highest BCUT2D eigenvalue weighted by molar-refractivity contribution is 5.40. The third-order valence-electron chi connectivity index (χ3n) is 3.33. The molecule has 0 fully saturated rings. The van der Waals surface area contributed by atoms with E-state index < -0.39 is 0 Å². The second-order valence-corrected chi connectivity index (χ2v) is 5.24. The summed E-state index contributed by atoms with van der Waals surface area (Å²) >= 11 is 0. The lowest BCUT2D eigenvalue weighted by Gasteiger charge is -2.24. The molecule has 1 aromatic carbocycles. The van der Waals surface area contributed by atoms with Gasteiger partial charge >= 0.3 is 0 Å². The predicted octanol–water partition coefficient (Wildman–Crippen LogP) is 3.41. The third kappa shape index (κ3) is 2.87. The van der Waals surface area contributed by atoms with Gasteiger partial charge in [-0.3, -0.25) is 0 Å². The molecule has 0 aliphatic heterocycles. The molecule has 2 N–H and O–H groups in total. The minimum atomic E-state index is -0.194. The van der Waals surface area contributed by atoms with Crippen molar-refractivity contribution in [2.24, 2.45) is 17.6 Å². The number of hydrogen-bond acceptors (Lipinski definition) is 2. The summed E-state index contributed by atoms with van der Waals surface area (Å²) in [5.74, 6) is 0.144. The molecule has 0 saturated heterocycles. The van der Waals surface area contributed by atoms with Crippen molar-refractivity contribution in [2.75, 3.05) is 0 Å². The van der Waals surface area contributed by atoms with Crippen LogP contribution in [0.3, 0.4) is 0 Å². The van der Waals surface area contributed by atoms with Gasteiger partial charge in [0, 0.05) is 6.04 Å². The Morgan fingerprint density at radius 3 is 1.94 bits per heavy atom. The Bertz CT molecular complexity index is 418. The van der Waals surface area contributed by atoms with Gasteiger partial charge in [-0.05, 0) is 43.4 Å².